The lowest BCUT2D eigenvalue weighted by Gasteiger charge is -2.48. The summed E-state index contributed by atoms with van der Waals surface area (Å²) < 4.78 is 45.5. The zero-order valence-corrected chi connectivity index (χ0v) is 32.5. The Kier molecular flexibility index (Phi) is 20.8. The molecule has 4 saturated heterocycles. The Morgan fingerprint density at radius 1 is 0.492 bits per heavy atom. The third kappa shape index (κ3) is 13.1. The minimum absolute atomic E-state index is 0.0343. The first kappa shape index (κ1) is 50.2. The third-order valence-electron chi connectivity index (χ3n) is 10.7. The summed E-state index contributed by atoms with van der Waals surface area (Å²) in [7, 11) is 0. The van der Waals surface area contributed by atoms with Gasteiger partial charge in [0.25, 0.3) is 0 Å². The normalized spacial score (nSPS) is 43.1. The molecule has 4 fully saturated rings. The lowest BCUT2D eigenvalue weighted by Crippen LogP contribution is -2.67. The zero-order chi connectivity index (χ0) is 43.4. The molecule has 24 heteroatoms. The molecule has 0 spiro atoms. The van der Waals surface area contributed by atoms with Crippen molar-refractivity contribution in [1.82, 2.24) is 5.32 Å². The number of carbonyl (C=O) groups excluding carboxylic acids is 1. The number of nitrogens with one attached hydrogen (secondary N) is 1. The van der Waals surface area contributed by atoms with E-state index in [4.69, 9.17) is 43.6 Å². The van der Waals surface area contributed by atoms with Crippen LogP contribution in [0.2, 0.25) is 0 Å². The second kappa shape index (κ2) is 24.4. The topological polar surface area (TPSA) is 392 Å². The first-order valence-electron chi connectivity index (χ1n) is 19.9. The van der Waals surface area contributed by atoms with Gasteiger partial charge in [0.05, 0.1) is 26.4 Å². The van der Waals surface area contributed by atoms with Crippen LogP contribution in [0.15, 0.2) is 0 Å². The van der Waals surface area contributed by atoms with Crippen LogP contribution in [-0.4, -0.2) is 241 Å². The van der Waals surface area contributed by atoms with E-state index in [1.54, 1.807) is 0 Å². The van der Waals surface area contributed by atoms with Gasteiger partial charge in [0, 0.05) is 26.1 Å². The van der Waals surface area contributed by atoms with Gasteiger partial charge in [-0.05, 0) is 12.8 Å². The van der Waals surface area contributed by atoms with Crippen LogP contribution in [0.4, 0.5) is 0 Å². The van der Waals surface area contributed by atoms with E-state index in [0.29, 0.717) is 38.8 Å². The highest BCUT2D eigenvalue weighted by Crippen LogP contribution is 2.34. The number of rotatable bonds is 22. The van der Waals surface area contributed by atoms with E-state index in [2.05, 4.69) is 5.32 Å². The van der Waals surface area contributed by atoms with Gasteiger partial charge in [-0.15, -0.1) is 0 Å². The predicted octanol–water partition coefficient (Wildman–Crippen LogP) is -7.92. The molecule has 0 bridgehead atoms. The summed E-state index contributed by atoms with van der Waals surface area (Å²) in [5, 5.41) is 139. The van der Waals surface area contributed by atoms with Crippen molar-refractivity contribution in [2.45, 2.75) is 168 Å². The molecule has 0 saturated carbocycles. The molecule has 4 rings (SSSR count). The molecule has 16 N–H and O–H groups in total. The van der Waals surface area contributed by atoms with Crippen molar-refractivity contribution in [2.75, 3.05) is 46.1 Å². The van der Waals surface area contributed by atoms with Crippen molar-refractivity contribution >= 4 is 5.91 Å². The third-order valence-corrected chi connectivity index (χ3v) is 10.7. The molecule has 0 aromatic heterocycles. The van der Waals surface area contributed by atoms with Crippen LogP contribution in [0, 0.1) is 0 Å². The fraction of sp³-hybridized carbons (Fsp3) is 0.971. The highest BCUT2D eigenvalue weighted by atomic mass is 16.8. The summed E-state index contributed by atoms with van der Waals surface area (Å²) in [6.07, 6.45) is -30.0. The molecule has 4 aliphatic rings. The molecule has 0 aromatic carbocycles. The molecule has 59 heavy (non-hydrogen) atoms. The zero-order valence-electron chi connectivity index (χ0n) is 32.5. The lowest BCUT2D eigenvalue weighted by molar-refractivity contribution is -0.390. The average molecular weight is 865 g/mol. The highest BCUT2D eigenvalue weighted by molar-refractivity contribution is 5.75. The van der Waals surface area contributed by atoms with Crippen LogP contribution >= 0.6 is 0 Å². The molecule has 346 valence electrons. The summed E-state index contributed by atoms with van der Waals surface area (Å²) in [4.78, 5) is 11.7. The summed E-state index contributed by atoms with van der Waals surface area (Å²) in [5.41, 5.74) is 5.39. The van der Waals surface area contributed by atoms with Gasteiger partial charge in [-0.2, -0.15) is 0 Å². The Hall–Kier alpha value is -1.41. The molecule has 4 heterocycles. The number of aliphatic hydroxyl groups excluding tert-OH is 13. The number of hydrogen-bond donors (Lipinski definition) is 15. The molecule has 24 nitrogen and oxygen atoms in total. The van der Waals surface area contributed by atoms with Gasteiger partial charge < -0.3 is 115 Å². The summed E-state index contributed by atoms with van der Waals surface area (Å²) in [5.74, 6) is -0.0620. The Labute approximate surface area is 339 Å². The monoisotopic (exact) mass is 864 g/mol. The maximum atomic E-state index is 11.7. The van der Waals surface area contributed by atoms with Gasteiger partial charge in [0.15, 0.2) is 25.2 Å². The van der Waals surface area contributed by atoms with E-state index in [-0.39, 0.29) is 12.5 Å². The fourth-order valence-corrected chi connectivity index (χ4v) is 7.13. The molecular weight excluding hydrogens is 800 g/mol. The van der Waals surface area contributed by atoms with Crippen molar-refractivity contribution in [3.05, 3.63) is 0 Å². The van der Waals surface area contributed by atoms with Crippen LogP contribution in [0.25, 0.3) is 0 Å². The van der Waals surface area contributed by atoms with Gasteiger partial charge in [-0.1, -0.05) is 25.7 Å². The minimum Gasteiger partial charge on any atom is -0.394 e. The van der Waals surface area contributed by atoms with Gasteiger partial charge in [0.2, 0.25) is 5.91 Å². The van der Waals surface area contributed by atoms with Crippen molar-refractivity contribution in [2.24, 2.45) is 5.73 Å². The van der Waals surface area contributed by atoms with E-state index in [0.717, 1.165) is 19.3 Å². The molecule has 0 unspecified atom stereocenters. The van der Waals surface area contributed by atoms with Gasteiger partial charge in [-0.25, -0.2) is 0 Å². The second-order valence-corrected chi connectivity index (χ2v) is 15.0. The number of nitrogens with two attached hydrogens (primary N) is 1. The number of amides is 1. The maximum absolute atomic E-state index is 11.7. The fourth-order valence-electron chi connectivity index (χ4n) is 7.13. The standard InChI is InChI=1S/C35H64N2O22/c36-8-9-37-19(41)7-5-3-1-2-4-6-10-52-33-29(51)30(23(45)18(57-33)14-53-32-27(49)24(46)20(42)15(11-38)54-32)58-35-31(26(48)22(44)17(13-40)56-35)59-34-28(50)25(47)21(43)16(12-39)55-34/h15-18,20-35,38-40,42-51H,1-14,36H2,(H,37,41)/t15-,16-,17-,18-,20-,21-,22-,23-,24+,25+,26+,27+,28+,29+,30+,31+,32+,33-,34-,35-/m1/s1. The number of carbonyl (C=O) groups is 1. The molecule has 20 atom stereocenters. The summed E-state index contributed by atoms with van der Waals surface area (Å²) >= 11 is 0. The van der Waals surface area contributed by atoms with Crippen molar-refractivity contribution in [1.29, 1.82) is 0 Å². The Balaban J connectivity index is 1.47. The quantitative estimate of drug-likeness (QED) is 0.0449. The number of ether oxygens (including phenoxy) is 8. The number of unbranched alkanes of at least 4 members (excludes halogenated alkanes) is 5. The van der Waals surface area contributed by atoms with Crippen LogP contribution in [0.5, 0.6) is 0 Å². The Morgan fingerprint density at radius 2 is 0.966 bits per heavy atom. The molecule has 1 amide bonds. The van der Waals surface area contributed by atoms with Crippen molar-refractivity contribution < 1.29 is 109 Å². The minimum atomic E-state index is -1.97. The molecule has 4 aliphatic heterocycles. The number of aliphatic hydroxyl groups is 13. The molecule has 0 radical (unpaired) electrons. The van der Waals surface area contributed by atoms with E-state index < -0.39 is 149 Å². The molecule has 0 aliphatic carbocycles. The van der Waals surface area contributed by atoms with E-state index in [1.807, 2.05) is 0 Å². The van der Waals surface area contributed by atoms with Crippen molar-refractivity contribution in [3.63, 3.8) is 0 Å². The van der Waals surface area contributed by atoms with Crippen LogP contribution in [-0.2, 0) is 42.7 Å². The summed E-state index contributed by atoms with van der Waals surface area (Å²) in [6, 6.07) is 0. The largest absolute Gasteiger partial charge is 0.394 e. The lowest BCUT2D eigenvalue weighted by atomic mass is 9.96. The first-order chi connectivity index (χ1) is 28.2. The van der Waals surface area contributed by atoms with E-state index in [9.17, 15) is 71.2 Å². The molecular formula is C35H64N2O22. The highest BCUT2D eigenvalue weighted by Gasteiger charge is 2.54. The van der Waals surface area contributed by atoms with Gasteiger partial charge >= 0.3 is 0 Å². The second-order valence-electron chi connectivity index (χ2n) is 15.0. The van der Waals surface area contributed by atoms with Crippen LogP contribution in [0.3, 0.4) is 0 Å². The molecule has 0 aromatic rings. The Bertz CT molecular complexity index is 1210. The SMILES string of the molecule is NCCNC(=O)CCCCCCCCO[C@@H]1O[C@H](CO[C@H]2O[C@H](CO)[C@@H](O)[C@H](O)[C@@H]2O)[C@@H](O)[C@H](O[C@H]2O[C@H](CO)[C@@H](O)[C@H](O)[C@@H]2O[C@H]2O[C@H](CO)[C@@H](O)[C@H](O)[C@@H]2O)[C@@H]1O. The summed E-state index contributed by atoms with van der Waals surface area (Å²) in [6.45, 7) is -2.27. The van der Waals surface area contributed by atoms with Crippen molar-refractivity contribution in [3.8, 4) is 0 Å². The first-order valence-corrected chi connectivity index (χ1v) is 19.9. The predicted molar refractivity (Wildman–Crippen MR) is 192 cm³/mol. The van der Waals surface area contributed by atoms with E-state index >= 15 is 0 Å². The smallest absolute Gasteiger partial charge is 0.220 e. The Morgan fingerprint density at radius 3 is 1.56 bits per heavy atom. The van der Waals surface area contributed by atoms with E-state index in [1.165, 1.54) is 0 Å². The maximum Gasteiger partial charge on any atom is 0.220 e. The van der Waals surface area contributed by atoms with Crippen LogP contribution < -0.4 is 11.1 Å². The van der Waals surface area contributed by atoms with Crippen LogP contribution in [0.1, 0.15) is 44.9 Å². The average Bonchev–Trinajstić information content (AvgIpc) is 3.23. The van der Waals surface area contributed by atoms with Gasteiger partial charge in [0.1, 0.15) is 97.7 Å². The van der Waals surface area contributed by atoms with Gasteiger partial charge in [-0.3, -0.25) is 4.79 Å². The number of hydrogen-bond acceptors (Lipinski definition) is 23.